The predicted octanol–water partition coefficient (Wildman–Crippen LogP) is 0.799. The highest BCUT2D eigenvalue weighted by Gasteiger charge is 2.18. The molecule has 1 unspecified atom stereocenters. The third-order valence-corrected chi connectivity index (χ3v) is 2.33. The SMILES string of the molecule is COc1nc(Cl)cc(C2CNCCO2)n1. The molecule has 1 N–H and O–H groups in total. The average molecular weight is 230 g/mol. The second kappa shape index (κ2) is 4.74. The molecule has 0 saturated carbocycles. The largest absolute Gasteiger partial charge is 0.467 e. The van der Waals surface area contributed by atoms with Crippen LogP contribution in [0.3, 0.4) is 0 Å². The van der Waals surface area contributed by atoms with E-state index < -0.39 is 0 Å². The summed E-state index contributed by atoms with van der Waals surface area (Å²) < 4.78 is 10.5. The van der Waals surface area contributed by atoms with Gasteiger partial charge in [0.25, 0.3) is 0 Å². The van der Waals surface area contributed by atoms with Crippen LogP contribution in [0.15, 0.2) is 6.07 Å². The van der Waals surface area contributed by atoms with Crippen LogP contribution in [0.25, 0.3) is 0 Å². The summed E-state index contributed by atoms with van der Waals surface area (Å²) in [5.74, 6) is 0. The number of methoxy groups -OCH3 is 1. The molecule has 0 aliphatic carbocycles. The van der Waals surface area contributed by atoms with Gasteiger partial charge in [-0.25, -0.2) is 0 Å². The Kier molecular flexibility index (Phi) is 3.35. The zero-order valence-corrected chi connectivity index (χ0v) is 9.12. The summed E-state index contributed by atoms with van der Waals surface area (Å²) in [6, 6.07) is 1.97. The van der Waals surface area contributed by atoms with Gasteiger partial charge in [-0.3, -0.25) is 0 Å². The highest BCUT2D eigenvalue weighted by atomic mass is 35.5. The van der Waals surface area contributed by atoms with Crippen LogP contribution in [0.2, 0.25) is 5.15 Å². The third kappa shape index (κ3) is 2.56. The molecule has 1 aromatic heterocycles. The van der Waals surface area contributed by atoms with Gasteiger partial charge in [0.1, 0.15) is 11.3 Å². The number of hydrogen-bond donors (Lipinski definition) is 1. The maximum atomic E-state index is 5.84. The number of ether oxygens (including phenoxy) is 2. The second-order valence-electron chi connectivity index (χ2n) is 3.17. The number of nitrogens with zero attached hydrogens (tertiary/aromatic N) is 2. The van der Waals surface area contributed by atoms with Crippen LogP contribution in [0, 0.1) is 0 Å². The van der Waals surface area contributed by atoms with Crippen LogP contribution in [-0.2, 0) is 4.74 Å². The Morgan fingerprint density at radius 3 is 3.13 bits per heavy atom. The van der Waals surface area contributed by atoms with Crippen LogP contribution in [0.4, 0.5) is 0 Å². The summed E-state index contributed by atoms with van der Waals surface area (Å²) in [4.78, 5) is 8.10. The van der Waals surface area contributed by atoms with Crippen molar-refractivity contribution in [3.63, 3.8) is 0 Å². The maximum Gasteiger partial charge on any atom is 0.317 e. The molecule has 0 aromatic carbocycles. The van der Waals surface area contributed by atoms with Crippen molar-refractivity contribution in [1.82, 2.24) is 15.3 Å². The van der Waals surface area contributed by atoms with Crippen molar-refractivity contribution in [3.8, 4) is 6.01 Å². The summed E-state index contributed by atoms with van der Waals surface area (Å²) in [6.07, 6.45) is -0.0758. The predicted molar refractivity (Wildman–Crippen MR) is 55.2 cm³/mol. The molecule has 1 aliphatic heterocycles. The highest BCUT2D eigenvalue weighted by Crippen LogP contribution is 2.21. The van der Waals surface area contributed by atoms with E-state index >= 15 is 0 Å². The first-order valence-electron chi connectivity index (χ1n) is 4.70. The Hall–Kier alpha value is -0.910. The monoisotopic (exact) mass is 229 g/mol. The fraction of sp³-hybridized carbons (Fsp3) is 0.556. The van der Waals surface area contributed by atoms with Gasteiger partial charge in [0.05, 0.1) is 19.4 Å². The Morgan fingerprint density at radius 1 is 1.60 bits per heavy atom. The molecule has 5 nitrogen and oxygen atoms in total. The fourth-order valence-electron chi connectivity index (χ4n) is 1.43. The molecule has 1 atom stereocenters. The molecule has 1 aliphatic rings. The summed E-state index contributed by atoms with van der Waals surface area (Å²) in [5, 5.41) is 3.59. The fourth-order valence-corrected chi connectivity index (χ4v) is 1.61. The minimum absolute atomic E-state index is 0.0758. The van der Waals surface area contributed by atoms with Crippen LogP contribution < -0.4 is 10.1 Å². The molecule has 2 rings (SSSR count). The molecule has 82 valence electrons. The van der Waals surface area contributed by atoms with Gasteiger partial charge in [0.2, 0.25) is 0 Å². The lowest BCUT2D eigenvalue weighted by atomic mass is 10.2. The minimum Gasteiger partial charge on any atom is -0.467 e. The number of hydrogen-bond acceptors (Lipinski definition) is 5. The molecule has 1 fully saturated rings. The van der Waals surface area contributed by atoms with E-state index in [2.05, 4.69) is 15.3 Å². The zero-order chi connectivity index (χ0) is 10.7. The summed E-state index contributed by atoms with van der Waals surface area (Å²) in [7, 11) is 1.51. The van der Waals surface area contributed by atoms with Gasteiger partial charge in [-0.05, 0) is 0 Å². The van der Waals surface area contributed by atoms with Gasteiger partial charge in [0.15, 0.2) is 0 Å². The van der Waals surface area contributed by atoms with Crippen LogP contribution in [0.5, 0.6) is 6.01 Å². The quantitative estimate of drug-likeness (QED) is 0.761. The van der Waals surface area contributed by atoms with Gasteiger partial charge in [-0.1, -0.05) is 11.6 Å². The first kappa shape index (κ1) is 10.6. The minimum atomic E-state index is -0.0758. The molecule has 0 radical (unpaired) electrons. The Balaban J connectivity index is 2.22. The third-order valence-electron chi connectivity index (χ3n) is 2.13. The van der Waals surface area contributed by atoms with Crippen molar-refractivity contribution in [3.05, 3.63) is 16.9 Å². The Labute approximate surface area is 92.8 Å². The summed E-state index contributed by atoms with van der Waals surface area (Å²) in [5.41, 5.74) is 0.749. The van der Waals surface area contributed by atoms with E-state index in [1.54, 1.807) is 6.07 Å². The molecule has 1 saturated heterocycles. The normalized spacial score (nSPS) is 21.3. The topological polar surface area (TPSA) is 56.3 Å². The Morgan fingerprint density at radius 2 is 2.47 bits per heavy atom. The molecular formula is C9H12ClN3O2. The smallest absolute Gasteiger partial charge is 0.317 e. The standard InChI is InChI=1S/C9H12ClN3O2/c1-14-9-12-6(4-8(10)13-9)7-5-11-2-3-15-7/h4,7,11H,2-3,5H2,1H3. The van der Waals surface area contributed by atoms with Crippen LogP contribution in [0.1, 0.15) is 11.8 Å². The number of rotatable bonds is 2. The molecule has 0 amide bonds. The van der Waals surface area contributed by atoms with Crippen molar-refractivity contribution >= 4 is 11.6 Å². The van der Waals surface area contributed by atoms with E-state index in [9.17, 15) is 0 Å². The molecular weight excluding hydrogens is 218 g/mol. The van der Waals surface area contributed by atoms with Crippen molar-refractivity contribution in [2.45, 2.75) is 6.10 Å². The lowest BCUT2D eigenvalue weighted by molar-refractivity contribution is 0.0246. The lowest BCUT2D eigenvalue weighted by Gasteiger charge is -2.23. The van der Waals surface area contributed by atoms with E-state index in [-0.39, 0.29) is 12.1 Å². The summed E-state index contributed by atoms with van der Waals surface area (Å²) >= 11 is 5.84. The van der Waals surface area contributed by atoms with E-state index in [0.29, 0.717) is 11.8 Å². The van der Waals surface area contributed by atoms with Crippen molar-refractivity contribution < 1.29 is 9.47 Å². The first-order chi connectivity index (χ1) is 7.29. The number of aromatic nitrogens is 2. The maximum absolute atomic E-state index is 5.84. The highest BCUT2D eigenvalue weighted by molar-refractivity contribution is 6.29. The zero-order valence-electron chi connectivity index (χ0n) is 8.36. The van der Waals surface area contributed by atoms with E-state index in [0.717, 1.165) is 18.8 Å². The van der Waals surface area contributed by atoms with Crippen molar-refractivity contribution in [2.75, 3.05) is 26.8 Å². The number of morpholine rings is 1. The molecule has 15 heavy (non-hydrogen) atoms. The van der Waals surface area contributed by atoms with Crippen molar-refractivity contribution in [1.29, 1.82) is 0 Å². The van der Waals surface area contributed by atoms with Gasteiger partial charge in [-0.2, -0.15) is 9.97 Å². The molecule has 2 heterocycles. The van der Waals surface area contributed by atoms with Gasteiger partial charge < -0.3 is 14.8 Å². The van der Waals surface area contributed by atoms with Gasteiger partial charge >= 0.3 is 6.01 Å². The number of nitrogens with one attached hydrogen (secondary N) is 1. The lowest BCUT2D eigenvalue weighted by Crippen LogP contribution is -2.33. The van der Waals surface area contributed by atoms with Crippen molar-refractivity contribution in [2.24, 2.45) is 0 Å². The number of halogens is 1. The molecule has 0 bridgehead atoms. The Bertz CT molecular complexity index is 342. The van der Waals surface area contributed by atoms with Gasteiger partial charge in [0, 0.05) is 19.2 Å². The first-order valence-corrected chi connectivity index (χ1v) is 5.08. The molecule has 1 aromatic rings. The molecule has 6 heteroatoms. The van der Waals surface area contributed by atoms with Crippen LogP contribution in [-0.4, -0.2) is 36.8 Å². The van der Waals surface area contributed by atoms with Crippen LogP contribution >= 0.6 is 11.6 Å². The molecule has 0 spiro atoms. The van der Waals surface area contributed by atoms with E-state index in [1.807, 2.05) is 0 Å². The van der Waals surface area contributed by atoms with Gasteiger partial charge in [-0.15, -0.1) is 0 Å². The van der Waals surface area contributed by atoms with E-state index in [1.165, 1.54) is 7.11 Å². The average Bonchev–Trinajstić information content (AvgIpc) is 2.29. The van der Waals surface area contributed by atoms with E-state index in [4.69, 9.17) is 21.1 Å². The second-order valence-corrected chi connectivity index (χ2v) is 3.55. The summed E-state index contributed by atoms with van der Waals surface area (Å²) in [6.45, 7) is 2.28.